The minimum Gasteiger partial charge on any atom is -0.314 e. The van der Waals surface area contributed by atoms with E-state index in [0.717, 1.165) is 25.7 Å². The number of hydrogen-bond donors (Lipinski definition) is 1. The monoisotopic (exact) mass is 525 g/mol. The van der Waals surface area contributed by atoms with E-state index in [4.69, 9.17) is 0 Å². The maximum absolute atomic E-state index is 3.67. The summed E-state index contributed by atoms with van der Waals surface area (Å²) in [5, 5.41) is 6.58. The van der Waals surface area contributed by atoms with Crippen molar-refractivity contribution < 1.29 is 0 Å². The normalized spacial score (nSPS) is 26.3. The van der Waals surface area contributed by atoms with Crippen LogP contribution < -0.4 is 15.8 Å². The van der Waals surface area contributed by atoms with Gasteiger partial charge in [-0.25, -0.2) is 0 Å². The Hall–Kier alpha value is -3.16. The molecular weight excluding hydrogens is 482 g/mol. The van der Waals surface area contributed by atoms with Gasteiger partial charge in [0.05, 0.1) is 0 Å². The molecule has 0 aromatic heterocycles. The lowest BCUT2D eigenvalue weighted by atomic mass is 9.73. The van der Waals surface area contributed by atoms with Crippen LogP contribution in [-0.4, -0.2) is 12.6 Å². The Balaban J connectivity index is 1.20. The Bertz CT molecular complexity index is 1530. The first-order valence-corrected chi connectivity index (χ1v) is 15.9. The van der Waals surface area contributed by atoms with Crippen molar-refractivity contribution in [2.75, 3.05) is 6.54 Å². The molecule has 1 aliphatic heterocycles. The number of hydrogen-bond acceptors (Lipinski definition) is 1. The molecule has 7 rings (SSSR count). The smallest absolute Gasteiger partial charge is 0.0108 e. The van der Waals surface area contributed by atoms with Gasteiger partial charge in [0.2, 0.25) is 0 Å². The molecule has 40 heavy (non-hydrogen) atoms. The molecule has 5 aliphatic rings. The molecule has 1 heteroatoms. The summed E-state index contributed by atoms with van der Waals surface area (Å²) in [6, 6.07) is 19.2. The van der Waals surface area contributed by atoms with E-state index in [0.29, 0.717) is 17.9 Å². The van der Waals surface area contributed by atoms with Crippen LogP contribution in [0.25, 0.3) is 11.1 Å². The second-order valence-corrected chi connectivity index (χ2v) is 12.5. The lowest BCUT2D eigenvalue weighted by Gasteiger charge is -2.32. The van der Waals surface area contributed by atoms with Gasteiger partial charge in [-0.05, 0) is 115 Å². The molecule has 0 radical (unpaired) electrons. The van der Waals surface area contributed by atoms with Crippen LogP contribution in [-0.2, 0) is 6.42 Å². The standard InChI is InChI=1S/C39H43N/c1-2-11-29(12-3-1)34-15-4-5-16-35(34)30-19-21-31(22-20-30)36-23-24-37(39-18-7-6-17-38(36)39)32-13-8-10-28(26-32)27-33-14-9-25-40-33/h4-8,10-11,13,15-19,21,26,33-35,40H,1-3,9,12,14,20,22-25,27H2. The van der Waals surface area contributed by atoms with Gasteiger partial charge >= 0.3 is 0 Å². The van der Waals surface area contributed by atoms with Crippen LogP contribution in [0.2, 0.25) is 0 Å². The zero-order valence-corrected chi connectivity index (χ0v) is 23.9. The summed E-state index contributed by atoms with van der Waals surface area (Å²) in [6.45, 7) is 1.17. The van der Waals surface area contributed by atoms with Gasteiger partial charge in [-0.1, -0.05) is 102 Å². The Morgan fingerprint density at radius 3 is 2.27 bits per heavy atom. The number of nitrogens with one attached hydrogen (secondary N) is 1. The summed E-state index contributed by atoms with van der Waals surface area (Å²) in [4.78, 5) is 0. The summed E-state index contributed by atoms with van der Waals surface area (Å²) in [5.74, 6) is 1.09. The molecule has 0 amide bonds. The number of benzene rings is 2. The number of allylic oxidation sites excluding steroid dienone is 10. The molecular formula is C39H43N. The van der Waals surface area contributed by atoms with Gasteiger partial charge in [0.1, 0.15) is 0 Å². The predicted octanol–water partition coefficient (Wildman–Crippen LogP) is 7.63. The maximum atomic E-state index is 3.67. The summed E-state index contributed by atoms with van der Waals surface area (Å²) >= 11 is 0. The third kappa shape index (κ3) is 5.29. The van der Waals surface area contributed by atoms with Crippen molar-refractivity contribution in [2.24, 2.45) is 11.8 Å². The molecule has 1 heterocycles. The van der Waals surface area contributed by atoms with Crippen molar-refractivity contribution in [3.63, 3.8) is 0 Å². The highest BCUT2D eigenvalue weighted by atomic mass is 14.9. The van der Waals surface area contributed by atoms with Crippen molar-refractivity contribution in [1.82, 2.24) is 5.32 Å². The van der Waals surface area contributed by atoms with E-state index in [9.17, 15) is 0 Å². The second-order valence-electron chi connectivity index (χ2n) is 12.5. The molecule has 4 aliphatic carbocycles. The minimum atomic E-state index is 0.530. The quantitative estimate of drug-likeness (QED) is 0.382. The maximum Gasteiger partial charge on any atom is 0.0108 e. The molecule has 1 nitrogen and oxygen atoms in total. The second kappa shape index (κ2) is 11.8. The van der Waals surface area contributed by atoms with E-state index in [1.54, 1.807) is 22.3 Å². The van der Waals surface area contributed by atoms with Gasteiger partial charge in [0.15, 0.2) is 0 Å². The Morgan fingerprint density at radius 1 is 0.700 bits per heavy atom. The third-order valence-corrected chi connectivity index (χ3v) is 10.0. The SMILES string of the molecule is C1=CC(C2=CCCCC2)C(C2=CC=C(C3=c4ccccc4=C(c4cccc(CC5CCCN5)c4)CC3)CC2)C=C1. The van der Waals surface area contributed by atoms with Crippen LogP contribution >= 0.6 is 0 Å². The summed E-state index contributed by atoms with van der Waals surface area (Å²) in [7, 11) is 0. The van der Waals surface area contributed by atoms with Crippen LogP contribution in [0.3, 0.4) is 0 Å². The fourth-order valence-electron chi connectivity index (χ4n) is 7.93. The number of rotatable bonds is 6. The third-order valence-electron chi connectivity index (χ3n) is 10.0. The Kier molecular flexibility index (Phi) is 7.58. The van der Waals surface area contributed by atoms with Crippen LogP contribution in [0.4, 0.5) is 0 Å². The first-order valence-electron chi connectivity index (χ1n) is 15.9. The lowest BCUT2D eigenvalue weighted by Crippen LogP contribution is -2.33. The molecule has 0 spiro atoms. The molecule has 0 saturated carbocycles. The van der Waals surface area contributed by atoms with Gasteiger partial charge in [0.25, 0.3) is 0 Å². The zero-order valence-electron chi connectivity index (χ0n) is 23.9. The molecule has 3 atom stereocenters. The first-order chi connectivity index (χ1) is 19.8. The molecule has 1 saturated heterocycles. The minimum absolute atomic E-state index is 0.530. The first kappa shape index (κ1) is 25.8. The van der Waals surface area contributed by atoms with Gasteiger partial charge in [-0.2, -0.15) is 0 Å². The average Bonchev–Trinajstić information content (AvgIpc) is 3.54. The largest absolute Gasteiger partial charge is 0.314 e. The van der Waals surface area contributed by atoms with Crippen molar-refractivity contribution >= 4 is 11.1 Å². The van der Waals surface area contributed by atoms with Gasteiger partial charge < -0.3 is 5.32 Å². The fraction of sp³-hybridized carbons (Fsp3) is 0.385. The predicted molar refractivity (Wildman–Crippen MR) is 169 cm³/mol. The average molecular weight is 526 g/mol. The Morgan fingerprint density at radius 2 is 1.52 bits per heavy atom. The molecule has 204 valence electrons. The molecule has 1 fully saturated rings. The molecule has 2 aromatic rings. The highest BCUT2D eigenvalue weighted by Crippen LogP contribution is 2.41. The van der Waals surface area contributed by atoms with Crippen LogP contribution in [0.15, 0.2) is 108 Å². The van der Waals surface area contributed by atoms with E-state index in [2.05, 4.69) is 96.4 Å². The summed E-state index contributed by atoms with van der Waals surface area (Å²) in [6.07, 6.45) is 30.6. The van der Waals surface area contributed by atoms with E-state index in [1.807, 2.05) is 0 Å². The van der Waals surface area contributed by atoms with Gasteiger partial charge in [-0.3, -0.25) is 0 Å². The molecule has 0 bridgehead atoms. The van der Waals surface area contributed by atoms with E-state index in [-0.39, 0.29) is 0 Å². The van der Waals surface area contributed by atoms with Crippen LogP contribution in [0, 0.1) is 11.8 Å². The fourth-order valence-corrected chi connectivity index (χ4v) is 7.93. The molecule has 2 aromatic carbocycles. The molecule has 1 N–H and O–H groups in total. The highest BCUT2D eigenvalue weighted by molar-refractivity contribution is 5.75. The van der Waals surface area contributed by atoms with Crippen molar-refractivity contribution in [1.29, 1.82) is 0 Å². The summed E-state index contributed by atoms with van der Waals surface area (Å²) in [5.41, 5.74) is 10.8. The highest BCUT2D eigenvalue weighted by Gasteiger charge is 2.27. The van der Waals surface area contributed by atoms with Crippen molar-refractivity contribution in [3.8, 4) is 0 Å². The Labute approximate surface area is 240 Å². The zero-order chi connectivity index (χ0) is 26.7. The topological polar surface area (TPSA) is 12.0 Å². The summed E-state index contributed by atoms with van der Waals surface area (Å²) < 4.78 is 0. The van der Waals surface area contributed by atoms with E-state index < -0.39 is 0 Å². The van der Waals surface area contributed by atoms with Gasteiger partial charge in [0, 0.05) is 17.9 Å². The van der Waals surface area contributed by atoms with Crippen LogP contribution in [0.1, 0.15) is 75.3 Å². The van der Waals surface area contributed by atoms with E-state index in [1.165, 1.54) is 78.6 Å². The number of fused-ring (bicyclic) bond motifs is 1. The van der Waals surface area contributed by atoms with E-state index >= 15 is 0 Å². The molecule has 3 unspecified atom stereocenters. The van der Waals surface area contributed by atoms with Gasteiger partial charge in [-0.15, -0.1) is 0 Å². The van der Waals surface area contributed by atoms with Crippen LogP contribution in [0.5, 0.6) is 0 Å². The lowest BCUT2D eigenvalue weighted by molar-refractivity contribution is 0.532. The van der Waals surface area contributed by atoms with Crippen molar-refractivity contribution in [3.05, 3.63) is 129 Å². The van der Waals surface area contributed by atoms with Crippen molar-refractivity contribution in [2.45, 2.75) is 76.7 Å².